The van der Waals surface area contributed by atoms with Gasteiger partial charge < -0.3 is 5.32 Å². The van der Waals surface area contributed by atoms with Crippen molar-refractivity contribution in [1.82, 2.24) is 15.3 Å². The summed E-state index contributed by atoms with van der Waals surface area (Å²) in [7, 11) is 0. The summed E-state index contributed by atoms with van der Waals surface area (Å²) in [5.74, 6) is 1.39. The van der Waals surface area contributed by atoms with Gasteiger partial charge in [0.1, 0.15) is 11.6 Å². The molecular formula is C16H18FN3S. The molecule has 2 aromatic rings. The van der Waals surface area contributed by atoms with E-state index in [1.165, 1.54) is 23.4 Å². The summed E-state index contributed by atoms with van der Waals surface area (Å²) in [6.45, 7) is 4.00. The van der Waals surface area contributed by atoms with Crippen LogP contribution in [0.15, 0.2) is 29.2 Å². The maximum atomic E-state index is 12.9. The van der Waals surface area contributed by atoms with Crippen LogP contribution in [0.1, 0.15) is 29.7 Å². The molecule has 21 heavy (non-hydrogen) atoms. The van der Waals surface area contributed by atoms with Gasteiger partial charge in [0, 0.05) is 35.7 Å². The van der Waals surface area contributed by atoms with E-state index in [0.29, 0.717) is 0 Å². The smallest absolute Gasteiger partial charge is 0.139 e. The summed E-state index contributed by atoms with van der Waals surface area (Å²) in [5.41, 5.74) is 3.62. The molecule has 1 aliphatic heterocycles. The molecule has 0 atom stereocenters. The van der Waals surface area contributed by atoms with Crippen LogP contribution < -0.4 is 5.32 Å². The van der Waals surface area contributed by atoms with Crippen molar-refractivity contribution >= 4 is 11.8 Å². The number of nitrogens with zero attached hydrogens (tertiary/aromatic N) is 2. The first-order valence-electron chi connectivity index (χ1n) is 7.23. The summed E-state index contributed by atoms with van der Waals surface area (Å²) < 4.78 is 12.9. The second kappa shape index (κ2) is 6.54. The normalized spacial score (nSPS) is 14.0. The Morgan fingerprint density at radius 1 is 1.24 bits per heavy atom. The number of hydrogen-bond acceptors (Lipinski definition) is 4. The number of nitrogens with one attached hydrogen (secondary N) is 1. The van der Waals surface area contributed by atoms with Gasteiger partial charge in [0.2, 0.25) is 0 Å². The van der Waals surface area contributed by atoms with Crippen LogP contribution in [0.3, 0.4) is 0 Å². The third kappa shape index (κ3) is 3.41. The molecule has 0 aliphatic carbocycles. The fraction of sp³-hybridized carbons (Fsp3) is 0.375. The highest BCUT2D eigenvalue weighted by Gasteiger charge is 2.16. The van der Waals surface area contributed by atoms with E-state index in [4.69, 9.17) is 9.97 Å². The molecule has 5 heteroatoms. The van der Waals surface area contributed by atoms with E-state index in [9.17, 15) is 4.39 Å². The zero-order valence-electron chi connectivity index (χ0n) is 12.0. The average Bonchev–Trinajstić information content (AvgIpc) is 2.53. The topological polar surface area (TPSA) is 37.8 Å². The van der Waals surface area contributed by atoms with Gasteiger partial charge in [-0.25, -0.2) is 14.4 Å². The van der Waals surface area contributed by atoms with Crippen LogP contribution in [0.25, 0.3) is 0 Å². The summed E-state index contributed by atoms with van der Waals surface area (Å²) in [6.07, 6.45) is 1.90. The Kier molecular flexibility index (Phi) is 4.51. The van der Waals surface area contributed by atoms with Gasteiger partial charge in [-0.15, -0.1) is 11.8 Å². The first kappa shape index (κ1) is 14.5. The van der Waals surface area contributed by atoms with Crippen molar-refractivity contribution in [3.63, 3.8) is 0 Å². The molecule has 0 fully saturated rings. The van der Waals surface area contributed by atoms with E-state index in [1.807, 2.05) is 0 Å². The Morgan fingerprint density at radius 2 is 2.05 bits per heavy atom. The van der Waals surface area contributed by atoms with Crippen LogP contribution in [-0.4, -0.2) is 16.5 Å². The van der Waals surface area contributed by atoms with Crippen molar-refractivity contribution in [2.75, 3.05) is 6.54 Å². The molecule has 0 saturated carbocycles. The van der Waals surface area contributed by atoms with Gasteiger partial charge in [0.15, 0.2) is 0 Å². The van der Waals surface area contributed by atoms with Crippen LogP contribution >= 0.6 is 11.8 Å². The fourth-order valence-corrected chi connectivity index (χ4v) is 3.26. The predicted molar refractivity (Wildman–Crippen MR) is 82.8 cm³/mol. The number of thioether (sulfide) groups is 1. The molecule has 0 amide bonds. The van der Waals surface area contributed by atoms with E-state index in [0.717, 1.165) is 48.1 Å². The van der Waals surface area contributed by atoms with Crippen LogP contribution in [0.2, 0.25) is 0 Å². The molecule has 0 radical (unpaired) electrons. The van der Waals surface area contributed by atoms with Crippen molar-refractivity contribution in [2.24, 2.45) is 0 Å². The second-order valence-electron chi connectivity index (χ2n) is 5.03. The Hall–Kier alpha value is -1.46. The third-order valence-corrected chi connectivity index (χ3v) is 4.59. The van der Waals surface area contributed by atoms with E-state index < -0.39 is 0 Å². The SMILES string of the molecule is CCc1nc(CSc2ccc(F)cc2)nc2c1CNCC2. The zero-order chi connectivity index (χ0) is 14.7. The highest BCUT2D eigenvalue weighted by molar-refractivity contribution is 7.98. The number of halogens is 1. The molecule has 1 aromatic carbocycles. The molecule has 3 nitrogen and oxygen atoms in total. The molecule has 0 unspecified atom stereocenters. The first-order chi connectivity index (χ1) is 10.3. The maximum Gasteiger partial charge on any atom is 0.139 e. The highest BCUT2D eigenvalue weighted by atomic mass is 32.2. The zero-order valence-corrected chi connectivity index (χ0v) is 12.8. The minimum absolute atomic E-state index is 0.204. The molecule has 1 aliphatic rings. The first-order valence-corrected chi connectivity index (χ1v) is 8.21. The number of fused-ring (bicyclic) bond motifs is 1. The lowest BCUT2D eigenvalue weighted by molar-refractivity contribution is 0.613. The molecule has 1 N–H and O–H groups in total. The lowest BCUT2D eigenvalue weighted by Crippen LogP contribution is -2.27. The number of aromatic nitrogens is 2. The second-order valence-corrected chi connectivity index (χ2v) is 6.08. The third-order valence-electron chi connectivity index (χ3n) is 3.58. The monoisotopic (exact) mass is 303 g/mol. The number of rotatable bonds is 4. The van der Waals surface area contributed by atoms with Gasteiger partial charge in [-0.3, -0.25) is 0 Å². The Balaban J connectivity index is 1.77. The van der Waals surface area contributed by atoms with Crippen molar-refractivity contribution < 1.29 is 4.39 Å². The van der Waals surface area contributed by atoms with Gasteiger partial charge in [-0.2, -0.15) is 0 Å². The molecule has 0 saturated heterocycles. The molecule has 0 bridgehead atoms. The van der Waals surface area contributed by atoms with Crippen molar-refractivity contribution in [1.29, 1.82) is 0 Å². The van der Waals surface area contributed by atoms with Crippen molar-refractivity contribution in [2.45, 2.75) is 37.0 Å². The number of hydrogen-bond donors (Lipinski definition) is 1. The standard InChI is InChI=1S/C16H18FN3S/c1-2-14-13-9-18-8-7-15(13)20-16(19-14)10-21-12-5-3-11(17)4-6-12/h3-6,18H,2,7-10H2,1H3. The molecule has 110 valence electrons. The lowest BCUT2D eigenvalue weighted by Gasteiger charge is -2.19. The minimum atomic E-state index is -0.204. The van der Waals surface area contributed by atoms with Crippen molar-refractivity contribution in [3.8, 4) is 0 Å². The van der Waals surface area contributed by atoms with Crippen LogP contribution in [0.5, 0.6) is 0 Å². The summed E-state index contributed by atoms with van der Waals surface area (Å²) >= 11 is 1.64. The van der Waals surface area contributed by atoms with Crippen LogP contribution in [0.4, 0.5) is 4.39 Å². The quantitative estimate of drug-likeness (QED) is 0.881. The Morgan fingerprint density at radius 3 is 2.81 bits per heavy atom. The van der Waals surface area contributed by atoms with Gasteiger partial charge in [-0.05, 0) is 30.7 Å². The van der Waals surface area contributed by atoms with Gasteiger partial charge in [0.25, 0.3) is 0 Å². The average molecular weight is 303 g/mol. The summed E-state index contributed by atoms with van der Waals surface area (Å²) in [6, 6.07) is 6.56. The van der Waals surface area contributed by atoms with E-state index in [2.05, 4.69) is 12.2 Å². The Labute approximate surface area is 128 Å². The lowest BCUT2D eigenvalue weighted by atomic mass is 10.0. The van der Waals surface area contributed by atoms with Gasteiger partial charge in [0.05, 0.1) is 11.4 Å². The molecular weight excluding hydrogens is 285 g/mol. The molecule has 2 heterocycles. The van der Waals surface area contributed by atoms with Crippen LogP contribution in [0, 0.1) is 5.82 Å². The number of benzene rings is 1. The maximum absolute atomic E-state index is 12.9. The summed E-state index contributed by atoms with van der Waals surface area (Å²) in [5, 5.41) is 3.38. The molecule has 3 rings (SSSR count). The fourth-order valence-electron chi connectivity index (χ4n) is 2.50. The predicted octanol–water partition coefficient (Wildman–Crippen LogP) is 3.12. The molecule has 0 spiro atoms. The summed E-state index contributed by atoms with van der Waals surface area (Å²) in [4.78, 5) is 10.4. The molecule has 1 aromatic heterocycles. The van der Waals surface area contributed by atoms with E-state index in [-0.39, 0.29) is 5.82 Å². The highest BCUT2D eigenvalue weighted by Crippen LogP contribution is 2.23. The van der Waals surface area contributed by atoms with Crippen LogP contribution in [-0.2, 0) is 25.1 Å². The van der Waals surface area contributed by atoms with E-state index in [1.54, 1.807) is 23.9 Å². The Bertz CT molecular complexity index is 611. The van der Waals surface area contributed by atoms with Crippen molar-refractivity contribution in [3.05, 3.63) is 52.9 Å². The number of aryl methyl sites for hydroxylation is 1. The van der Waals surface area contributed by atoms with Gasteiger partial charge >= 0.3 is 0 Å². The van der Waals surface area contributed by atoms with E-state index >= 15 is 0 Å². The largest absolute Gasteiger partial charge is 0.312 e. The minimum Gasteiger partial charge on any atom is -0.312 e. The van der Waals surface area contributed by atoms with Gasteiger partial charge in [-0.1, -0.05) is 6.92 Å².